The summed E-state index contributed by atoms with van der Waals surface area (Å²) in [5.41, 5.74) is -0.367. The molecule has 2 aliphatic rings. The lowest BCUT2D eigenvalue weighted by Crippen LogP contribution is -2.35. The normalized spacial score (nSPS) is 22.2. The standard InChI is InChI=1S/C20H22F2N2O5/c1-11(18(26)23-16-10-12(21)6-7-15(16)22)29-17(25)8-9-24-19(27)13-4-2-3-5-14(13)20(24)28/h6-7,10-11,13-14H,2-5,8-9H2,1H3,(H,23,26)/t11-,13-,14+/m1/s1. The highest BCUT2D eigenvalue weighted by molar-refractivity contribution is 6.05. The first-order valence-corrected chi connectivity index (χ1v) is 9.58. The first-order chi connectivity index (χ1) is 13.8. The van der Waals surface area contributed by atoms with Gasteiger partial charge in [0.15, 0.2) is 6.10 Å². The molecule has 29 heavy (non-hydrogen) atoms. The topological polar surface area (TPSA) is 92.8 Å². The molecule has 1 aliphatic carbocycles. The van der Waals surface area contributed by atoms with Crippen LogP contribution in [-0.2, 0) is 23.9 Å². The maximum Gasteiger partial charge on any atom is 0.308 e. The smallest absolute Gasteiger partial charge is 0.308 e. The van der Waals surface area contributed by atoms with Crippen molar-refractivity contribution in [3.8, 4) is 0 Å². The highest BCUT2D eigenvalue weighted by atomic mass is 19.1. The van der Waals surface area contributed by atoms with Crippen molar-refractivity contribution in [3.05, 3.63) is 29.8 Å². The van der Waals surface area contributed by atoms with Gasteiger partial charge < -0.3 is 10.1 Å². The molecule has 7 nitrogen and oxygen atoms in total. The van der Waals surface area contributed by atoms with Crippen molar-refractivity contribution in [1.82, 2.24) is 4.90 Å². The quantitative estimate of drug-likeness (QED) is 0.576. The number of rotatable bonds is 6. The number of ether oxygens (including phenoxy) is 1. The van der Waals surface area contributed by atoms with E-state index in [1.54, 1.807) is 0 Å². The molecule has 0 bridgehead atoms. The zero-order valence-corrected chi connectivity index (χ0v) is 16.0. The predicted octanol–water partition coefficient (Wildman–Crippen LogP) is 2.40. The largest absolute Gasteiger partial charge is 0.452 e. The van der Waals surface area contributed by atoms with Gasteiger partial charge in [-0.25, -0.2) is 8.78 Å². The van der Waals surface area contributed by atoms with Gasteiger partial charge in [0.05, 0.1) is 23.9 Å². The van der Waals surface area contributed by atoms with E-state index in [9.17, 15) is 28.0 Å². The summed E-state index contributed by atoms with van der Waals surface area (Å²) in [6.07, 6.45) is 1.68. The van der Waals surface area contributed by atoms with E-state index in [4.69, 9.17) is 4.74 Å². The molecular formula is C20H22F2N2O5. The number of esters is 1. The van der Waals surface area contributed by atoms with E-state index < -0.39 is 29.6 Å². The molecule has 2 fully saturated rings. The maximum atomic E-state index is 13.6. The summed E-state index contributed by atoms with van der Waals surface area (Å²) in [5, 5.41) is 2.15. The molecule has 1 aromatic carbocycles. The van der Waals surface area contributed by atoms with Crippen LogP contribution >= 0.6 is 0 Å². The molecule has 1 saturated carbocycles. The fraction of sp³-hybridized carbons (Fsp3) is 0.500. The second-order valence-corrected chi connectivity index (χ2v) is 7.32. The second-order valence-electron chi connectivity index (χ2n) is 7.32. The summed E-state index contributed by atoms with van der Waals surface area (Å²) in [6, 6.07) is 2.58. The van der Waals surface area contributed by atoms with Gasteiger partial charge in [0, 0.05) is 12.6 Å². The molecule has 0 radical (unpaired) electrons. The minimum absolute atomic E-state index is 0.101. The Bertz CT molecular complexity index is 820. The fourth-order valence-electron chi connectivity index (χ4n) is 3.79. The zero-order valence-electron chi connectivity index (χ0n) is 16.0. The summed E-state index contributed by atoms with van der Waals surface area (Å²) < 4.78 is 31.7. The number of nitrogens with one attached hydrogen (secondary N) is 1. The van der Waals surface area contributed by atoms with Gasteiger partial charge in [-0.1, -0.05) is 12.8 Å². The third-order valence-electron chi connectivity index (χ3n) is 5.34. The highest BCUT2D eigenvalue weighted by Gasteiger charge is 2.47. The van der Waals surface area contributed by atoms with Crippen LogP contribution in [0.2, 0.25) is 0 Å². The molecule has 0 aromatic heterocycles. The first kappa shape index (κ1) is 20.9. The Morgan fingerprint density at radius 2 is 1.79 bits per heavy atom. The lowest BCUT2D eigenvalue weighted by atomic mass is 9.81. The molecule has 3 rings (SSSR count). The summed E-state index contributed by atoms with van der Waals surface area (Å²) in [5.74, 6) is -4.25. The molecule has 1 aromatic rings. The molecule has 1 saturated heterocycles. The Kier molecular flexibility index (Phi) is 6.24. The van der Waals surface area contributed by atoms with Gasteiger partial charge >= 0.3 is 5.97 Å². The van der Waals surface area contributed by atoms with Gasteiger partial charge in [-0.05, 0) is 31.9 Å². The average molecular weight is 408 g/mol. The van der Waals surface area contributed by atoms with Crippen LogP contribution in [0.3, 0.4) is 0 Å². The predicted molar refractivity (Wildman–Crippen MR) is 97.3 cm³/mol. The van der Waals surface area contributed by atoms with Crippen LogP contribution in [0.4, 0.5) is 14.5 Å². The number of hydrogen-bond donors (Lipinski definition) is 1. The average Bonchev–Trinajstić information content (AvgIpc) is 2.93. The summed E-state index contributed by atoms with van der Waals surface area (Å²) in [6.45, 7) is 1.18. The van der Waals surface area contributed by atoms with Crippen LogP contribution in [-0.4, -0.2) is 41.2 Å². The lowest BCUT2D eigenvalue weighted by molar-refractivity contribution is -0.154. The minimum Gasteiger partial charge on any atom is -0.452 e. The number of fused-ring (bicyclic) bond motifs is 1. The SMILES string of the molecule is C[C@@H](OC(=O)CCN1C(=O)[C@H]2CCCC[C@H]2C1=O)C(=O)Nc1cc(F)ccc1F. The van der Waals surface area contributed by atoms with E-state index in [1.807, 2.05) is 0 Å². The van der Waals surface area contributed by atoms with Crippen LogP contribution < -0.4 is 5.32 Å². The van der Waals surface area contributed by atoms with Crippen molar-refractivity contribution < 1.29 is 32.7 Å². The Morgan fingerprint density at radius 1 is 1.17 bits per heavy atom. The van der Waals surface area contributed by atoms with Gasteiger partial charge in [-0.2, -0.15) is 0 Å². The van der Waals surface area contributed by atoms with Crippen molar-refractivity contribution in [3.63, 3.8) is 0 Å². The van der Waals surface area contributed by atoms with Crippen molar-refractivity contribution in [2.45, 2.75) is 45.1 Å². The monoisotopic (exact) mass is 408 g/mol. The van der Waals surface area contributed by atoms with Crippen molar-refractivity contribution in [2.24, 2.45) is 11.8 Å². The first-order valence-electron chi connectivity index (χ1n) is 9.58. The number of nitrogens with zero attached hydrogens (tertiary/aromatic N) is 1. The molecule has 0 unspecified atom stereocenters. The van der Waals surface area contributed by atoms with Gasteiger partial charge in [-0.15, -0.1) is 0 Å². The van der Waals surface area contributed by atoms with E-state index >= 15 is 0 Å². The highest BCUT2D eigenvalue weighted by Crippen LogP contribution is 2.37. The third kappa shape index (κ3) is 4.60. The number of amides is 3. The lowest BCUT2D eigenvalue weighted by Gasteiger charge is -2.19. The summed E-state index contributed by atoms with van der Waals surface area (Å²) in [7, 11) is 0. The van der Waals surface area contributed by atoms with Crippen LogP contribution in [0.25, 0.3) is 0 Å². The van der Waals surface area contributed by atoms with Crippen molar-refractivity contribution in [1.29, 1.82) is 0 Å². The summed E-state index contributed by atoms with van der Waals surface area (Å²) in [4.78, 5) is 49.9. The van der Waals surface area contributed by atoms with Gasteiger partial charge in [0.1, 0.15) is 11.6 Å². The molecule has 1 aliphatic heterocycles. The Hall–Kier alpha value is -2.84. The number of benzene rings is 1. The maximum absolute atomic E-state index is 13.6. The number of carbonyl (C=O) groups is 4. The molecule has 9 heteroatoms. The molecule has 0 spiro atoms. The van der Waals surface area contributed by atoms with E-state index in [-0.39, 0.29) is 42.3 Å². The van der Waals surface area contributed by atoms with Crippen LogP contribution in [0, 0.1) is 23.5 Å². The van der Waals surface area contributed by atoms with Crippen LogP contribution in [0.5, 0.6) is 0 Å². The summed E-state index contributed by atoms with van der Waals surface area (Å²) >= 11 is 0. The van der Waals surface area contributed by atoms with E-state index in [2.05, 4.69) is 5.32 Å². The third-order valence-corrected chi connectivity index (χ3v) is 5.34. The Balaban J connectivity index is 1.50. The van der Waals surface area contributed by atoms with Gasteiger partial charge in [0.25, 0.3) is 5.91 Å². The number of carbonyl (C=O) groups excluding carboxylic acids is 4. The molecule has 1 N–H and O–H groups in total. The van der Waals surface area contributed by atoms with Gasteiger partial charge in [0.2, 0.25) is 11.8 Å². The molecule has 156 valence electrons. The van der Waals surface area contributed by atoms with Crippen molar-refractivity contribution >= 4 is 29.4 Å². The Morgan fingerprint density at radius 3 is 2.41 bits per heavy atom. The van der Waals surface area contributed by atoms with E-state index in [0.717, 1.165) is 35.9 Å². The molecule has 3 atom stereocenters. The number of imide groups is 1. The van der Waals surface area contributed by atoms with Crippen LogP contribution in [0.15, 0.2) is 18.2 Å². The molecular weight excluding hydrogens is 386 g/mol. The van der Waals surface area contributed by atoms with E-state index in [1.165, 1.54) is 6.92 Å². The number of halogens is 2. The van der Waals surface area contributed by atoms with Crippen LogP contribution in [0.1, 0.15) is 39.0 Å². The number of likely N-dealkylation sites (tertiary alicyclic amines) is 1. The van der Waals surface area contributed by atoms with E-state index in [0.29, 0.717) is 12.8 Å². The van der Waals surface area contributed by atoms with Crippen molar-refractivity contribution in [2.75, 3.05) is 11.9 Å². The van der Waals surface area contributed by atoms with Gasteiger partial charge in [-0.3, -0.25) is 24.1 Å². The number of anilines is 1. The zero-order chi connectivity index (χ0) is 21.1. The molecule has 3 amide bonds. The molecule has 1 heterocycles. The minimum atomic E-state index is -1.27. The fourth-order valence-corrected chi connectivity index (χ4v) is 3.79. The second kappa shape index (κ2) is 8.67. The Labute approximate surface area is 166 Å². The number of hydrogen-bond acceptors (Lipinski definition) is 5.